The molecule has 2 N–H and O–H groups in total. The van der Waals surface area contributed by atoms with Gasteiger partial charge < -0.3 is 10.6 Å². The van der Waals surface area contributed by atoms with Gasteiger partial charge >= 0.3 is 0 Å². The summed E-state index contributed by atoms with van der Waals surface area (Å²) in [7, 11) is 0. The second-order valence-electron chi connectivity index (χ2n) is 4.83. The number of amides is 1. The van der Waals surface area contributed by atoms with Crippen molar-refractivity contribution in [3.8, 4) is 0 Å². The molecular weight excluding hydrogens is 254 g/mol. The highest BCUT2D eigenvalue weighted by molar-refractivity contribution is 5.85. The summed E-state index contributed by atoms with van der Waals surface area (Å²) >= 11 is 0. The minimum atomic E-state index is -0.408. The van der Waals surface area contributed by atoms with E-state index in [0.717, 1.165) is 11.1 Å². The number of anilines is 1. The lowest BCUT2D eigenvalue weighted by Crippen LogP contribution is -2.36. The molecule has 0 saturated heterocycles. The zero-order chi connectivity index (χ0) is 14.9. The van der Waals surface area contributed by atoms with Crippen LogP contribution in [0.4, 0.5) is 5.95 Å². The van der Waals surface area contributed by atoms with E-state index in [-0.39, 0.29) is 5.91 Å². The maximum absolute atomic E-state index is 12.5. The Kier molecular flexibility index (Phi) is 3.92. The van der Waals surface area contributed by atoms with Crippen LogP contribution in [0.25, 0.3) is 11.2 Å². The maximum Gasteiger partial charge on any atom is 0.245 e. The lowest BCUT2D eigenvalue weighted by atomic mass is 10.2. The lowest BCUT2D eigenvalue weighted by molar-refractivity contribution is -0.133. The first-order valence-electron chi connectivity index (χ1n) is 6.89. The summed E-state index contributed by atoms with van der Waals surface area (Å²) in [4.78, 5) is 22.9. The number of pyridine rings is 1. The Labute approximate surface area is 118 Å². The van der Waals surface area contributed by atoms with Crippen molar-refractivity contribution in [1.29, 1.82) is 0 Å². The Bertz CT molecular complexity index is 630. The predicted molar refractivity (Wildman–Crippen MR) is 79.3 cm³/mol. The van der Waals surface area contributed by atoms with Gasteiger partial charge in [0.2, 0.25) is 11.9 Å². The molecule has 0 aromatic carbocycles. The molecule has 0 aliphatic heterocycles. The van der Waals surface area contributed by atoms with Crippen molar-refractivity contribution >= 4 is 23.0 Å². The van der Waals surface area contributed by atoms with Gasteiger partial charge in [-0.25, -0.2) is 9.97 Å². The van der Waals surface area contributed by atoms with Gasteiger partial charge in [-0.1, -0.05) is 0 Å². The molecule has 20 heavy (non-hydrogen) atoms. The third-order valence-corrected chi connectivity index (χ3v) is 3.63. The molecule has 0 radical (unpaired) electrons. The Morgan fingerprint density at radius 1 is 1.45 bits per heavy atom. The second-order valence-corrected chi connectivity index (χ2v) is 4.83. The summed E-state index contributed by atoms with van der Waals surface area (Å²) in [6.45, 7) is 9.08. The topological polar surface area (TPSA) is 77.0 Å². The van der Waals surface area contributed by atoms with E-state index in [1.165, 1.54) is 0 Å². The Balaban J connectivity index is 2.50. The SMILES string of the molecule is CCN(CC)C(=O)C(C)n1c(N)nc2c(C)ccnc21. The predicted octanol–water partition coefficient (Wildman–Crippen LogP) is 1.75. The van der Waals surface area contributed by atoms with Gasteiger partial charge in [0.15, 0.2) is 5.65 Å². The number of aromatic nitrogens is 3. The van der Waals surface area contributed by atoms with Crippen molar-refractivity contribution < 1.29 is 4.79 Å². The average molecular weight is 275 g/mol. The highest BCUT2D eigenvalue weighted by Gasteiger charge is 2.24. The van der Waals surface area contributed by atoms with Crippen molar-refractivity contribution in [1.82, 2.24) is 19.4 Å². The molecule has 2 aromatic rings. The number of hydrogen-bond acceptors (Lipinski definition) is 4. The van der Waals surface area contributed by atoms with Gasteiger partial charge in [0.1, 0.15) is 11.6 Å². The number of nitrogen functional groups attached to an aromatic ring is 1. The van der Waals surface area contributed by atoms with E-state index in [2.05, 4.69) is 9.97 Å². The van der Waals surface area contributed by atoms with Crippen LogP contribution >= 0.6 is 0 Å². The van der Waals surface area contributed by atoms with Crippen LogP contribution in [-0.2, 0) is 4.79 Å². The summed E-state index contributed by atoms with van der Waals surface area (Å²) in [6.07, 6.45) is 1.71. The van der Waals surface area contributed by atoms with Crippen LogP contribution in [0.2, 0.25) is 0 Å². The molecular formula is C14H21N5O. The number of rotatable bonds is 4. The van der Waals surface area contributed by atoms with E-state index >= 15 is 0 Å². The first-order valence-corrected chi connectivity index (χ1v) is 6.89. The van der Waals surface area contributed by atoms with E-state index < -0.39 is 6.04 Å². The molecule has 0 aliphatic carbocycles. The van der Waals surface area contributed by atoms with Gasteiger partial charge in [-0.2, -0.15) is 0 Å². The number of aryl methyl sites for hydroxylation is 1. The van der Waals surface area contributed by atoms with Crippen molar-refractivity contribution in [3.63, 3.8) is 0 Å². The third kappa shape index (κ3) is 2.21. The summed E-state index contributed by atoms with van der Waals surface area (Å²) in [5, 5.41) is 0. The molecule has 0 fully saturated rings. The minimum Gasteiger partial charge on any atom is -0.369 e. The number of carbonyl (C=O) groups is 1. The molecule has 0 bridgehead atoms. The average Bonchev–Trinajstić information content (AvgIpc) is 2.77. The number of fused-ring (bicyclic) bond motifs is 1. The standard InChI is InChI=1S/C14H21N5O/c1-5-18(6-2)13(20)10(4)19-12-11(17-14(19)15)9(3)7-8-16-12/h7-8,10H,5-6H2,1-4H3,(H2,15,17). The molecule has 0 saturated carbocycles. The Hall–Kier alpha value is -2.11. The molecule has 2 aromatic heterocycles. The second kappa shape index (κ2) is 5.48. The highest BCUT2D eigenvalue weighted by atomic mass is 16.2. The molecule has 0 aliphatic rings. The minimum absolute atomic E-state index is 0.0318. The van der Waals surface area contributed by atoms with Gasteiger partial charge in [-0.3, -0.25) is 9.36 Å². The summed E-state index contributed by atoms with van der Waals surface area (Å²) in [5.74, 6) is 0.360. The maximum atomic E-state index is 12.5. The Morgan fingerprint density at radius 3 is 2.70 bits per heavy atom. The first-order chi connectivity index (χ1) is 9.51. The van der Waals surface area contributed by atoms with Crippen LogP contribution in [-0.4, -0.2) is 38.4 Å². The molecule has 1 unspecified atom stereocenters. The smallest absolute Gasteiger partial charge is 0.245 e. The van der Waals surface area contributed by atoms with Gasteiger partial charge in [-0.05, 0) is 39.3 Å². The molecule has 0 spiro atoms. The number of nitrogens with zero attached hydrogens (tertiary/aromatic N) is 4. The van der Waals surface area contributed by atoms with Gasteiger partial charge in [0.05, 0.1) is 0 Å². The fourth-order valence-corrected chi connectivity index (χ4v) is 2.42. The van der Waals surface area contributed by atoms with E-state index in [1.807, 2.05) is 33.8 Å². The van der Waals surface area contributed by atoms with Crippen LogP contribution in [0.1, 0.15) is 32.4 Å². The van der Waals surface area contributed by atoms with Crippen molar-refractivity contribution in [2.75, 3.05) is 18.8 Å². The fourth-order valence-electron chi connectivity index (χ4n) is 2.42. The van der Waals surface area contributed by atoms with Crippen LogP contribution in [0.3, 0.4) is 0 Å². The van der Waals surface area contributed by atoms with Crippen LogP contribution < -0.4 is 5.73 Å². The summed E-state index contributed by atoms with van der Waals surface area (Å²) in [5.41, 5.74) is 8.40. The van der Waals surface area contributed by atoms with Gasteiger partial charge in [0, 0.05) is 19.3 Å². The molecule has 1 atom stereocenters. The molecule has 6 nitrogen and oxygen atoms in total. The monoisotopic (exact) mass is 275 g/mol. The largest absolute Gasteiger partial charge is 0.369 e. The van der Waals surface area contributed by atoms with E-state index in [1.54, 1.807) is 15.7 Å². The number of imidazole rings is 1. The fraction of sp³-hybridized carbons (Fsp3) is 0.500. The number of likely N-dealkylation sites (N-methyl/N-ethyl adjacent to an activating group) is 1. The van der Waals surface area contributed by atoms with Crippen LogP contribution in [0, 0.1) is 6.92 Å². The highest BCUT2D eigenvalue weighted by Crippen LogP contribution is 2.24. The van der Waals surface area contributed by atoms with E-state index in [9.17, 15) is 4.79 Å². The van der Waals surface area contributed by atoms with Crippen molar-refractivity contribution in [3.05, 3.63) is 17.8 Å². The summed E-state index contributed by atoms with van der Waals surface area (Å²) in [6, 6.07) is 1.48. The molecule has 2 rings (SSSR count). The number of carbonyl (C=O) groups excluding carboxylic acids is 1. The van der Waals surface area contributed by atoms with Crippen molar-refractivity contribution in [2.45, 2.75) is 33.7 Å². The van der Waals surface area contributed by atoms with Gasteiger partial charge in [-0.15, -0.1) is 0 Å². The quantitative estimate of drug-likeness (QED) is 0.922. The van der Waals surface area contributed by atoms with Crippen LogP contribution in [0.5, 0.6) is 0 Å². The van der Waals surface area contributed by atoms with Crippen molar-refractivity contribution in [2.24, 2.45) is 0 Å². The number of hydrogen-bond donors (Lipinski definition) is 1. The molecule has 2 heterocycles. The molecule has 1 amide bonds. The third-order valence-electron chi connectivity index (χ3n) is 3.63. The lowest BCUT2D eigenvalue weighted by Gasteiger charge is -2.24. The zero-order valence-electron chi connectivity index (χ0n) is 12.4. The number of nitrogens with two attached hydrogens (primary N) is 1. The molecule has 108 valence electrons. The van der Waals surface area contributed by atoms with Gasteiger partial charge in [0.25, 0.3) is 0 Å². The first kappa shape index (κ1) is 14.3. The normalized spacial score (nSPS) is 12.6. The molecule has 6 heteroatoms. The zero-order valence-corrected chi connectivity index (χ0v) is 12.4. The van der Waals surface area contributed by atoms with Crippen LogP contribution in [0.15, 0.2) is 12.3 Å². The van der Waals surface area contributed by atoms with E-state index in [4.69, 9.17) is 5.73 Å². The summed E-state index contributed by atoms with van der Waals surface area (Å²) < 4.78 is 1.71. The van der Waals surface area contributed by atoms with E-state index in [0.29, 0.717) is 24.7 Å². The Morgan fingerprint density at radius 2 is 2.10 bits per heavy atom.